The Morgan fingerprint density at radius 1 is 1.43 bits per heavy atom. The summed E-state index contributed by atoms with van der Waals surface area (Å²) in [6, 6.07) is 4.58. The maximum absolute atomic E-state index is 13.0. The summed E-state index contributed by atoms with van der Waals surface area (Å²) in [4.78, 5) is 0. The number of benzene rings is 1. The molecule has 0 radical (unpaired) electrons. The standard InChI is InChI=1S/C13H19FIN3O2S/c1-18(8-2-7-16-11-4-5-11)21(19,20)17-13-6-3-10(14)9-12(13)15/h3,6,9,11,16-17H,2,4-5,7-8H2,1H3. The first kappa shape index (κ1) is 16.9. The maximum atomic E-state index is 13.0. The smallest absolute Gasteiger partial charge is 0.301 e. The van der Waals surface area contributed by atoms with Crippen molar-refractivity contribution in [3.63, 3.8) is 0 Å². The molecule has 8 heteroatoms. The largest absolute Gasteiger partial charge is 0.314 e. The molecule has 0 aliphatic heterocycles. The van der Waals surface area contributed by atoms with E-state index in [2.05, 4.69) is 10.0 Å². The van der Waals surface area contributed by atoms with Gasteiger partial charge in [-0.05, 0) is 66.6 Å². The second kappa shape index (κ2) is 7.21. The molecule has 5 nitrogen and oxygen atoms in total. The predicted molar refractivity (Wildman–Crippen MR) is 89.9 cm³/mol. The highest BCUT2D eigenvalue weighted by Gasteiger charge is 2.21. The van der Waals surface area contributed by atoms with E-state index in [9.17, 15) is 12.8 Å². The van der Waals surface area contributed by atoms with Crippen LogP contribution in [-0.2, 0) is 10.2 Å². The number of halogens is 2. The first-order valence-corrected chi connectivity index (χ1v) is 9.33. The summed E-state index contributed by atoms with van der Waals surface area (Å²) >= 11 is 1.90. The number of anilines is 1. The average molecular weight is 427 g/mol. The van der Waals surface area contributed by atoms with Crippen LogP contribution >= 0.6 is 22.6 Å². The summed E-state index contributed by atoms with van der Waals surface area (Å²) in [6.07, 6.45) is 3.20. The van der Waals surface area contributed by atoms with Crippen LogP contribution in [0.15, 0.2) is 18.2 Å². The van der Waals surface area contributed by atoms with Gasteiger partial charge in [-0.15, -0.1) is 0 Å². The molecule has 2 rings (SSSR count). The highest BCUT2D eigenvalue weighted by atomic mass is 127. The van der Waals surface area contributed by atoms with Crippen LogP contribution in [-0.4, -0.2) is 38.9 Å². The molecule has 0 spiro atoms. The number of hydrogen-bond donors (Lipinski definition) is 2. The molecule has 1 aliphatic rings. The minimum atomic E-state index is -3.61. The van der Waals surface area contributed by atoms with Gasteiger partial charge in [0.25, 0.3) is 0 Å². The van der Waals surface area contributed by atoms with E-state index < -0.39 is 10.2 Å². The highest BCUT2D eigenvalue weighted by Crippen LogP contribution is 2.21. The zero-order valence-corrected chi connectivity index (χ0v) is 14.7. The summed E-state index contributed by atoms with van der Waals surface area (Å²) < 4.78 is 41.7. The first-order chi connectivity index (χ1) is 9.88. The van der Waals surface area contributed by atoms with Crippen molar-refractivity contribution in [2.24, 2.45) is 0 Å². The lowest BCUT2D eigenvalue weighted by atomic mass is 10.3. The Morgan fingerprint density at radius 2 is 2.14 bits per heavy atom. The van der Waals surface area contributed by atoms with Crippen LogP contribution in [0.2, 0.25) is 0 Å². The van der Waals surface area contributed by atoms with E-state index in [0.717, 1.165) is 13.0 Å². The molecule has 1 aliphatic carbocycles. The van der Waals surface area contributed by atoms with Crippen LogP contribution in [0.3, 0.4) is 0 Å². The van der Waals surface area contributed by atoms with E-state index in [0.29, 0.717) is 21.8 Å². The van der Waals surface area contributed by atoms with E-state index in [1.54, 1.807) is 0 Å². The van der Waals surface area contributed by atoms with Crippen molar-refractivity contribution in [1.82, 2.24) is 9.62 Å². The van der Waals surface area contributed by atoms with Gasteiger partial charge in [0.2, 0.25) is 0 Å². The Hall–Kier alpha value is -0.450. The van der Waals surface area contributed by atoms with Crippen molar-refractivity contribution in [1.29, 1.82) is 0 Å². The van der Waals surface area contributed by atoms with Crippen molar-refractivity contribution < 1.29 is 12.8 Å². The molecule has 1 aromatic rings. The lowest BCUT2D eigenvalue weighted by Gasteiger charge is -2.19. The van der Waals surface area contributed by atoms with Crippen molar-refractivity contribution in [2.75, 3.05) is 24.9 Å². The molecule has 1 aromatic carbocycles. The molecular formula is C13H19FIN3O2S. The van der Waals surface area contributed by atoms with Gasteiger partial charge in [0.1, 0.15) is 5.82 Å². The van der Waals surface area contributed by atoms with E-state index in [1.165, 1.54) is 42.4 Å². The van der Waals surface area contributed by atoms with Gasteiger partial charge in [-0.1, -0.05) is 0 Å². The van der Waals surface area contributed by atoms with Gasteiger partial charge in [0, 0.05) is 23.2 Å². The Bertz CT molecular complexity index is 593. The molecule has 0 bridgehead atoms. The van der Waals surface area contributed by atoms with Gasteiger partial charge in [0.15, 0.2) is 0 Å². The summed E-state index contributed by atoms with van der Waals surface area (Å²) in [5.74, 6) is -0.387. The van der Waals surface area contributed by atoms with E-state index in [-0.39, 0.29) is 5.82 Å². The summed E-state index contributed by atoms with van der Waals surface area (Å²) in [6.45, 7) is 1.26. The van der Waals surface area contributed by atoms with Gasteiger partial charge in [-0.25, -0.2) is 4.39 Å². The van der Waals surface area contributed by atoms with Crippen LogP contribution in [0.4, 0.5) is 10.1 Å². The maximum Gasteiger partial charge on any atom is 0.301 e. The minimum absolute atomic E-state index is 0.387. The second-order valence-corrected chi connectivity index (χ2v) is 8.07. The van der Waals surface area contributed by atoms with Gasteiger partial charge in [0.05, 0.1) is 5.69 Å². The van der Waals surface area contributed by atoms with E-state index in [4.69, 9.17) is 0 Å². The first-order valence-electron chi connectivity index (χ1n) is 6.81. The lowest BCUT2D eigenvalue weighted by molar-refractivity contribution is 0.457. The monoisotopic (exact) mass is 427 g/mol. The van der Waals surface area contributed by atoms with Crippen LogP contribution in [0.5, 0.6) is 0 Å². The molecule has 0 unspecified atom stereocenters. The van der Waals surface area contributed by atoms with Crippen molar-refractivity contribution in [3.8, 4) is 0 Å². The van der Waals surface area contributed by atoms with Gasteiger partial charge in [-0.2, -0.15) is 12.7 Å². The molecule has 0 amide bonds. The predicted octanol–water partition coefficient (Wildman–Crippen LogP) is 2.16. The highest BCUT2D eigenvalue weighted by molar-refractivity contribution is 14.1. The molecule has 0 aromatic heterocycles. The number of nitrogens with one attached hydrogen (secondary N) is 2. The van der Waals surface area contributed by atoms with Crippen molar-refractivity contribution in [3.05, 3.63) is 27.6 Å². The average Bonchev–Trinajstić information content (AvgIpc) is 3.22. The normalized spacial score (nSPS) is 15.4. The third-order valence-corrected chi connectivity index (χ3v) is 5.61. The zero-order valence-electron chi connectivity index (χ0n) is 11.8. The molecule has 0 atom stereocenters. The SMILES string of the molecule is CN(CCCNC1CC1)S(=O)(=O)Nc1ccc(F)cc1I. The van der Waals surface area contributed by atoms with Gasteiger partial charge >= 0.3 is 10.2 Å². The second-order valence-electron chi connectivity index (χ2n) is 5.13. The fraction of sp³-hybridized carbons (Fsp3) is 0.538. The molecular weight excluding hydrogens is 408 g/mol. The number of rotatable bonds is 8. The van der Waals surface area contributed by atoms with Crippen LogP contribution < -0.4 is 10.0 Å². The van der Waals surface area contributed by atoms with Crippen molar-refractivity contribution in [2.45, 2.75) is 25.3 Å². The van der Waals surface area contributed by atoms with E-state index in [1.807, 2.05) is 22.6 Å². The summed E-state index contributed by atoms with van der Waals surface area (Å²) in [7, 11) is -2.07. The third-order valence-electron chi connectivity index (χ3n) is 3.24. The third kappa shape index (κ3) is 5.35. The van der Waals surface area contributed by atoms with E-state index >= 15 is 0 Å². The molecule has 0 heterocycles. The molecule has 2 N–H and O–H groups in total. The van der Waals surface area contributed by atoms with Crippen LogP contribution in [0, 0.1) is 9.39 Å². The fourth-order valence-electron chi connectivity index (χ4n) is 1.80. The lowest BCUT2D eigenvalue weighted by Crippen LogP contribution is -2.34. The topological polar surface area (TPSA) is 61.4 Å². The van der Waals surface area contributed by atoms with Crippen LogP contribution in [0.25, 0.3) is 0 Å². The molecule has 1 fully saturated rings. The quantitative estimate of drug-likeness (QED) is 0.494. The van der Waals surface area contributed by atoms with Gasteiger partial charge < -0.3 is 5.32 Å². The fourth-order valence-corrected chi connectivity index (χ4v) is 3.58. The van der Waals surface area contributed by atoms with Crippen LogP contribution in [0.1, 0.15) is 19.3 Å². The zero-order chi connectivity index (χ0) is 15.5. The summed E-state index contributed by atoms with van der Waals surface area (Å²) in [5.41, 5.74) is 0.389. The van der Waals surface area contributed by atoms with Crippen molar-refractivity contribution >= 4 is 38.5 Å². The minimum Gasteiger partial charge on any atom is -0.314 e. The molecule has 1 saturated carbocycles. The Balaban J connectivity index is 1.86. The Morgan fingerprint density at radius 3 is 2.76 bits per heavy atom. The number of hydrogen-bond acceptors (Lipinski definition) is 3. The molecule has 0 saturated heterocycles. The van der Waals surface area contributed by atoms with Gasteiger partial charge in [-0.3, -0.25) is 4.72 Å². The number of nitrogens with zero attached hydrogens (tertiary/aromatic N) is 1. The Kier molecular flexibility index (Phi) is 5.81. The Labute approximate surface area is 138 Å². The molecule has 21 heavy (non-hydrogen) atoms. The molecule has 118 valence electrons. The summed E-state index contributed by atoms with van der Waals surface area (Å²) in [5, 5.41) is 3.34.